The van der Waals surface area contributed by atoms with Gasteiger partial charge in [0.2, 0.25) is 0 Å². The zero-order valence-electron chi connectivity index (χ0n) is 12.4. The van der Waals surface area contributed by atoms with Crippen LogP contribution in [0.3, 0.4) is 0 Å². The fraction of sp³-hybridized carbons (Fsp3) is 0.421. The predicted molar refractivity (Wildman–Crippen MR) is 85.2 cm³/mol. The monoisotopic (exact) mass is 282 g/mol. The molecule has 0 N–H and O–H groups in total. The molecule has 0 saturated heterocycles. The number of hydrogen-bond acceptors (Lipinski definition) is 2. The lowest BCUT2D eigenvalue weighted by molar-refractivity contribution is -0.144. The molecule has 0 heterocycles. The van der Waals surface area contributed by atoms with Gasteiger partial charge in [-0.3, -0.25) is 4.79 Å². The van der Waals surface area contributed by atoms with E-state index in [1.54, 1.807) is 0 Å². The van der Waals surface area contributed by atoms with E-state index in [1.165, 1.54) is 42.9 Å². The second-order valence-corrected chi connectivity index (χ2v) is 6.05. The second kappa shape index (κ2) is 6.75. The Balaban J connectivity index is 1.55. The van der Waals surface area contributed by atoms with Crippen LogP contribution in [0, 0.1) is 5.92 Å². The molecule has 0 unspecified atom stereocenters. The molecule has 0 aliphatic heterocycles. The van der Waals surface area contributed by atoms with Gasteiger partial charge in [0, 0.05) is 0 Å². The van der Waals surface area contributed by atoms with E-state index in [9.17, 15) is 4.79 Å². The Bertz CT molecular complexity index is 612. The quantitative estimate of drug-likeness (QED) is 0.771. The normalized spacial score (nSPS) is 16.0. The van der Waals surface area contributed by atoms with Gasteiger partial charge in [-0.1, -0.05) is 61.7 Å². The van der Waals surface area contributed by atoms with Gasteiger partial charge in [0.25, 0.3) is 0 Å². The lowest BCUT2D eigenvalue weighted by Gasteiger charge is -2.21. The molecule has 3 rings (SSSR count). The SMILES string of the molecule is O=C(Cc1ccc2ccccc2c1)OCC1CCCCC1. The van der Waals surface area contributed by atoms with Crippen LogP contribution >= 0.6 is 0 Å². The summed E-state index contributed by atoms with van der Waals surface area (Å²) in [6.07, 6.45) is 6.70. The number of fused-ring (bicyclic) bond motifs is 1. The topological polar surface area (TPSA) is 26.3 Å². The largest absolute Gasteiger partial charge is 0.465 e. The van der Waals surface area contributed by atoms with Gasteiger partial charge in [0.1, 0.15) is 0 Å². The van der Waals surface area contributed by atoms with E-state index in [0.717, 1.165) is 5.56 Å². The molecule has 2 aromatic carbocycles. The van der Waals surface area contributed by atoms with Gasteiger partial charge in [-0.05, 0) is 35.1 Å². The minimum atomic E-state index is -0.101. The lowest BCUT2D eigenvalue weighted by Crippen LogP contribution is -2.17. The third kappa shape index (κ3) is 3.84. The van der Waals surface area contributed by atoms with Crippen LogP contribution in [0.15, 0.2) is 42.5 Å². The number of carbonyl (C=O) groups excluding carboxylic acids is 1. The van der Waals surface area contributed by atoms with Crippen molar-refractivity contribution in [2.75, 3.05) is 6.61 Å². The van der Waals surface area contributed by atoms with Gasteiger partial charge in [-0.15, -0.1) is 0 Å². The average molecular weight is 282 g/mol. The van der Waals surface area contributed by atoms with E-state index >= 15 is 0 Å². The highest BCUT2D eigenvalue weighted by atomic mass is 16.5. The molecule has 21 heavy (non-hydrogen) atoms. The summed E-state index contributed by atoms with van der Waals surface area (Å²) >= 11 is 0. The maximum absolute atomic E-state index is 12.0. The zero-order chi connectivity index (χ0) is 14.5. The fourth-order valence-electron chi connectivity index (χ4n) is 3.13. The molecule has 2 aromatic rings. The highest BCUT2D eigenvalue weighted by Crippen LogP contribution is 2.24. The molecule has 1 aliphatic rings. The minimum absolute atomic E-state index is 0.101. The summed E-state index contributed by atoms with van der Waals surface area (Å²) in [6.45, 7) is 0.604. The molecule has 0 aromatic heterocycles. The Hall–Kier alpha value is -1.83. The van der Waals surface area contributed by atoms with Crippen molar-refractivity contribution in [2.45, 2.75) is 38.5 Å². The molecule has 0 spiro atoms. The molecule has 0 radical (unpaired) electrons. The number of ether oxygens (including phenoxy) is 1. The molecule has 0 amide bonds. The Morgan fingerprint density at radius 1 is 1.00 bits per heavy atom. The van der Waals surface area contributed by atoms with Gasteiger partial charge in [0.15, 0.2) is 0 Å². The number of carbonyl (C=O) groups is 1. The van der Waals surface area contributed by atoms with Crippen LogP contribution in [0.1, 0.15) is 37.7 Å². The third-order valence-electron chi connectivity index (χ3n) is 4.37. The molecule has 1 aliphatic carbocycles. The molecule has 110 valence electrons. The van der Waals surface area contributed by atoms with E-state index in [2.05, 4.69) is 24.3 Å². The molecular formula is C19H22O2. The van der Waals surface area contributed by atoms with Crippen LogP contribution in [0.2, 0.25) is 0 Å². The summed E-state index contributed by atoms with van der Waals surface area (Å²) in [7, 11) is 0. The van der Waals surface area contributed by atoms with Gasteiger partial charge in [-0.2, -0.15) is 0 Å². The van der Waals surface area contributed by atoms with E-state index in [0.29, 0.717) is 18.9 Å². The average Bonchev–Trinajstić information content (AvgIpc) is 2.54. The summed E-state index contributed by atoms with van der Waals surface area (Å²) in [6, 6.07) is 14.4. The highest BCUT2D eigenvalue weighted by molar-refractivity contribution is 5.84. The minimum Gasteiger partial charge on any atom is -0.465 e. The predicted octanol–water partition coefficient (Wildman–Crippen LogP) is 4.51. The summed E-state index contributed by atoms with van der Waals surface area (Å²) in [5.74, 6) is 0.482. The summed E-state index contributed by atoms with van der Waals surface area (Å²) < 4.78 is 5.46. The third-order valence-corrected chi connectivity index (χ3v) is 4.37. The Morgan fingerprint density at radius 2 is 1.76 bits per heavy atom. The summed E-state index contributed by atoms with van der Waals surface area (Å²) in [4.78, 5) is 12.0. The van der Waals surface area contributed by atoms with Crippen LogP contribution in [0.5, 0.6) is 0 Å². The van der Waals surface area contributed by atoms with E-state index in [-0.39, 0.29) is 5.97 Å². The van der Waals surface area contributed by atoms with Crippen molar-refractivity contribution in [2.24, 2.45) is 5.92 Å². The van der Waals surface area contributed by atoms with Crippen LogP contribution in [-0.4, -0.2) is 12.6 Å². The van der Waals surface area contributed by atoms with Crippen molar-refractivity contribution in [3.63, 3.8) is 0 Å². The lowest BCUT2D eigenvalue weighted by atomic mass is 9.90. The number of esters is 1. The maximum Gasteiger partial charge on any atom is 0.310 e. The van der Waals surface area contributed by atoms with Crippen molar-refractivity contribution in [1.82, 2.24) is 0 Å². The van der Waals surface area contributed by atoms with Gasteiger partial charge in [0.05, 0.1) is 13.0 Å². The molecule has 0 bridgehead atoms. The Kier molecular flexibility index (Phi) is 4.54. The van der Waals surface area contributed by atoms with E-state index in [1.807, 2.05) is 18.2 Å². The van der Waals surface area contributed by atoms with Crippen LogP contribution in [0.4, 0.5) is 0 Å². The van der Waals surface area contributed by atoms with Gasteiger partial charge >= 0.3 is 5.97 Å². The van der Waals surface area contributed by atoms with E-state index in [4.69, 9.17) is 4.74 Å². The van der Waals surface area contributed by atoms with Crippen molar-refractivity contribution >= 4 is 16.7 Å². The fourth-order valence-corrected chi connectivity index (χ4v) is 3.13. The molecule has 2 heteroatoms. The van der Waals surface area contributed by atoms with Crippen LogP contribution in [0.25, 0.3) is 10.8 Å². The number of hydrogen-bond donors (Lipinski definition) is 0. The van der Waals surface area contributed by atoms with Crippen molar-refractivity contribution in [3.8, 4) is 0 Å². The van der Waals surface area contributed by atoms with Crippen molar-refractivity contribution < 1.29 is 9.53 Å². The number of rotatable bonds is 4. The first kappa shape index (κ1) is 14.1. The first-order valence-electron chi connectivity index (χ1n) is 7.94. The Morgan fingerprint density at radius 3 is 2.57 bits per heavy atom. The van der Waals surface area contributed by atoms with Gasteiger partial charge < -0.3 is 4.74 Å². The maximum atomic E-state index is 12.0. The first-order chi connectivity index (χ1) is 10.3. The first-order valence-corrected chi connectivity index (χ1v) is 7.94. The standard InChI is InChI=1S/C19H22O2/c20-19(21-14-15-6-2-1-3-7-15)13-16-10-11-17-8-4-5-9-18(17)12-16/h4-5,8-12,15H,1-3,6-7,13-14H2. The Labute approximate surface area is 126 Å². The summed E-state index contributed by atoms with van der Waals surface area (Å²) in [5.41, 5.74) is 1.03. The second-order valence-electron chi connectivity index (χ2n) is 6.05. The molecule has 0 atom stereocenters. The highest BCUT2D eigenvalue weighted by Gasteiger charge is 2.15. The summed E-state index contributed by atoms with van der Waals surface area (Å²) in [5, 5.41) is 2.38. The van der Waals surface area contributed by atoms with Crippen molar-refractivity contribution in [3.05, 3.63) is 48.0 Å². The number of benzene rings is 2. The smallest absolute Gasteiger partial charge is 0.310 e. The van der Waals surface area contributed by atoms with Gasteiger partial charge in [-0.25, -0.2) is 0 Å². The molecular weight excluding hydrogens is 260 g/mol. The van der Waals surface area contributed by atoms with Crippen LogP contribution in [-0.2, 0) is 16.0 Å². The molecule has 1 fully saturated rings. The van der Waals surface area contributed by atoms with Crippen LogP contribution < -0.4 is 0 Å². The van der Waals surface area contributed by atoms with E-state index < -0.39 is 0 Å². The zero-order valence-corrected chi connectivity index (χ0v) is 12.4. The molecule has 1 saturated carbocycles. The van der Waals surface area contributed by atoms with Crippen molar-refractivity contribution in [1.29, 1.82) is 0 Å². The molecule has 2 nitrogen and oxygen atoms in total.